The number of carboxylic acids is 1. The van der Waals surface area contributed by atoms with Crippen LogP contribution in [-0.4, -0.2) is 18.2 Å². The summed E-state index contributed by atoms with van der Waals surface area (Å²) >= 11 is 0. The third-order valence-electron chi connectivity index (χ3n) is 3.55. The van der Waals surface area contributed by atoms with Crippen molar-refractivity contribution >= 4 is 11.7 Å². The third kappa shape index (κ3) is 3.75. The standard InChI is InChI=1S/C17H19NO3/c1-21-14-8-10-16(18)13(11-14)7-9-15(17(19)20)12-5-3-2-4-6-12/h2-6,8,10-11,15H,7,9,18H2,1H3,(H,19,20)/t15-/m0/s1. The van der Waals surface area contributed by atoms with Crippen LogP contribution in [0.3, 0.4) is 0 Å². The Morgan fingerprint density at radius 3 is 2.57 bits per heavy atom. The predicted molar refractivity (Wildman–Crippen MR) is 82.5 cm³/mol. The molecule has 2 rings (SSSR count). The van der Waals surface area contributed by atoms with Gasteiger partial charge in [-0.3, -0.25) is 4.79 Å². The van der Waals surface area contributed by atoms with E-state index < -0.39 is 11.9 Å². The second kappa shape index (κ2) is 6.79. The van der Waals surface area contributed by atoms with E-state index >= 15 is 0 Å². The molecule has 0 heterocycles. The molecule has 0 aromatic heterocycles. The van der Waals surface area contributed by atoms with Gasteiger partial charge in [-0.15, -0.1) is 0 Å². The molecule has 2 aromatic rings. The quantitative estimate of drug-likeness (QED) is 0.800. The van der Waals surface area contributed by atoms with Crippen molar-refractivity contribution in [2.45, 2.75) is 18.8 Å². The van der Waals surface area contributed by atoms with Gasteiger partial charge in [-0.25, -0.2) is 0 Å². The first-order chi connectivity index (χ1) is 10.1. The van der Waals surface area contributed by atoms with E-state index in [2.05, 4.69) is 0 Å². The van der Waals surface area contributed by atoms with Gasteiger partial charge < -0.3 is 15.6 Å². The Labute approximate surface area is 124 Å². The lowest BCUT2D eigenvalue weighted by Gasteiger charge is -2.14. The summed E-state index contributed by atoms with van der Waals surface area (Å²) in [5.41, 5.74) is 8.33. The number of hydrogen-bond donors (Lipinski definition) is 2. The number of nitrogen functional groups attached to an aromatic ring is 1. The van der Waals surface area contributed by atoms with E-state index in [1.807, 2.05) is 36.4 Å². The first kappa shape index (κ1) is 14.9. The van der Waals surface area contributed by atoms with Crippen molar-refractivity contribution in [1.29, 1.82) is 0 Å². The normalized spacial score (nSPS) is 11.9. The van der Waals surface area contributed by atoms with Crippen LogP contribution in [0.15, 0.2) is 48.5 Å². The predicted octanol–water partition coefficient (Wildman–Crippen LogP) is 3.08. The van der Waals surface area contributed by atoms with Crippen LogP contribution in [0.4, 0.5) is 5.69 Å². The number of anilines is 1. The van der Waals surface area contributed by atoms with Crippen LogP contribution < -0.4 is 10.5 Å². The van der Waals surface area contributed by atoms with Crippen molar-refractivity contribution in [3.63, 3.8) is 0 Å². The van der Waals surface area contributed by atoms with Gasteiger partial charge in [0.15, 0.2) is 0 Å². The summed E-state index contributed by atoms with van der Waals surface area (Å²) in [4.78, 5) is 11.5. The molecular weight excluding hydrogens is 266 g/mol. The lowest BCUT2D eigenvalue weighted by molar-refractivity contribution is -0.138. The molecule has 4 heteroatoms. The fourth-order valence-corrected chi connectivity index (χ4v) is 2.34. The van der Waals surface area contributed by atoms with Gasteiger partial charge in [0.05, 0.1) is 13.0 Å². The Bertz CT molecular complexity index is 611. The molecule has 0 aliphatic heterocycles. The van der Waals surface area contributed by atoms with Crippen molar-refractivity contribution < 1.29 is 14.6 Å². The van der Waals surface area contributed by atoms with Crippen molar-refractivity contribution in [3.05, 3.63) is 59.7 Å². The zero-order chi connectivity index (χ0) is 15.2. The summed E-state index contributed by atoms with van der Waals surface area (Å²) in [7, 11) is 1.60. The zero-order valence-electron chi connectivity index (χ0n) is 12.0. The first-order valence-corrected chi connectivity index (χ1v) is 6.82. The minimum absolute atomic E-state index is 0.497. The fourth-order valence-electron chi connectivity index (χ4n) is 2.34. The molecule has 21 heavy (non-hydrogen) atoms. The number of rotatable bonds is 6. The SMILES string of the molecule is COc1ccc(N)c(CC[C@H](C(=O)O)c2ccccc2)c1. The molecule has 0 radical (unpaired) electrons. The minimum Gasteiger partial charge on any atom is -0.497 e. The fraction of sp³-hybridized carbons (Fsp3) is 0.235. The van der Waals surface area contributed by atoms with E-state index in [1.54, 1.807) is 19.2 Å². The molecule has 110 valence electrons. The number of hydrogen-bond acceptors (Lipinski definition) is 3. The molecule has 0 saturated heterocycles. The molecule has 4 nitrogen and oxygen atoms in total. The lowest BCUT2D eigenvalue weighted by atomic mass is 9.92. The van der Waals surface area contributed by atoms with Gasteiger partial charge in [0.1, 0.15) is 5.75 Å². The number of ether oxygens (including phenoxy) is 1. The van der Waals surface area contributed by atoms with Gasteiger partial charge in [-0.2, -0.15) is 0 Å². The number of benzene rings is 2. The monoisotopic (exact) mass is 285 g/mol. The van der Waals surface area contributed by atoms with Gasteiger partial charge >= 0.3 is 5.97 Å². The molecule has 0 aliphatic rings. The highest BCUT2D eigenvalue weighted by Gasteiger charge is 2.19. The average Bonchev–Trinajstić information content (AvgIpc) is 2.50. The summed E-state index contributed by atoms with van der Waals surface area (Å²) in [6.07, 6.45) is 1.09. The van der Waals surface area contributed by atoms with E-state index in [1.165, 1.54) is 0 Å². The highest BCUT2D eigenvalue weighted by atomic mass is 16.5. The Hall–Kier alpha value is -2.49. The van der Waals surface area contributed by atoms with Crippen molar-refractivity contribution in [1.82, 2.24) is 0 Å². The largest absolute Gasteiger partial charge is 0.497 e. The van der Waals surface area contributed by atoms with Crippen LogP contribution in [0.5, 0.6) is 5.75 Å². The summed E-state index contributed by atoms with van der Waals surface area (Å²) < 4.78 is 5.18. The molecule has 2 aromatic carbocycles. The summed E-state index contributed by atoms with van der Waals surface area (Å²) in [5.74, 6) is -0.620. The number of aliphatic carboxylic acids is 1. The van der Waals surface area contributed by atoms with Gasteiger partial charge in [-0.05, 0) is 42.2 Å². The van der Waals surface area contributed by atoms with Crippen molar-refractivity contribution in [3.8, 4) is 5.75 Å². The molecule has 0 fully saturated rings. The molecule has 3 N–H and O–H groups in total. The van der Waals surface area contributed by atoms with E-state index in [0.717, 1.165) is 16.9 Å². The molecule has 0 amide bonds. The molecule has 0 aliphatic carbocycles. The summed E-state index contributed by atoms with van der Waals surface area (Å²) in [6.45, 7) is 0. The number of methoxy groups -OCH3 is 1. The van der Waals surface area contributed by atoms with E-state index in [9.17, 15) is 9.90 Å². The Morgan fingerprint density at radius 2 is 1.95 bits per heavy atom. The van der Waals surface area contributed by atoms with Gasteiger partial charge in [0.25, 0.3) is 0 Å². The lowest BCUT2D eigenvalue weighted by Crippen LogP contribution is -2.13. The van der Waals surface area contributed by atoms with Crippen LogP contribution in [0.2, 0.25) is 0 Å². The number of aryl methyl sites for hydroxylation is 1. The summed E-state index contributed by atoms with van der Waals surface area (Å²) in [5, 5.41) is 9.42. The van der Waals surface area contributed by atoms with Crippen LogP contribution in [-0.2, 0) is 11.2 Å². The second-order valence-corrected chi connectivity index (χ2v) is 4.90. The smallest absolute Gasteiger partial charge is 0.310 e. The minimum atomic E-state index is -0.817. The Morgan fingerprint density at radius 1 is 1.24 bits per heavy atom. The first-order valence-electron chi connectivity index (χ1n) is 6.82. The maximum absolute atomic E-state index is 11.5. The number of nitrogens with two attached hydrogens (primary N) is 1. The second-order valence-electron chi connectivity index (χ2n) is 4.90. The van der Waals surface area contributed by atoms with Gasteiger partial charge in [0.2, 0.25) is 0 Å². The molecular formula is C17H19NO3. The van der Waals surface area contributed by atoms with Crippen molar-refractivity contribution in [2.75, 3.05) is 12.8 Å². The molecule has 0 unspecified atom stereocenters. The van der Waals surface area contributed by atoms with Crippen LogP contribution >= 0.6 is 0 Å². The van der Waals surface area contributed by atoms with Crippen LogP contribution in [0, 0.1) is 0 Å². The van der Waals surface area contributed by atoms with Crippen LogP contribution in [0.25, 0.3) is 0 Å². The Kier molecular flexibility index (Phi) is 4.82. The van der Waals surface area contributed by atoms with Crippen molar-refractivity contribution in [2.24, 2.45) is 0 Å². The maximum Gasteiger partial charge on any atom is 0.310 e. The average molecular weight is 285 g/mol. The topological polar surface area (TPSA) is 72.5 Å². The van der Waals surface area contributed by atoms with Crippen LogP contribution in [0.1, 0.15) is 23.5 Å². The maximum atomic E-state index is 11.5. The number of carbonyl (C=O) groups is 1. The molecule has 0 saturated carbocycles. The van der Waals surface area contributed by atoms with E-state index in [4.69, 9.17) is 10.5 Å². The summed E-state index contributed by atoms with van der Waals surface area (Å²) in [6, 6.07) is 14.7. The highest BCUT2D eigenvalue weighted by Crippen LogP contribution is 2.26. The Balaban J connectivity index is 2.14. The molecule has 0 bridgehead atoms. The van der Waals surface area contributed by atoms with Gasteiger partial charge in [0, 0.05) is 5.69 Å². The highest BCUT2D eigenvalue weighted by molar-refractivity contribution is 5.76. The van der Waals surface area contributed by atoms with Gasteiger partial charge in [-0.1, -0.05) is 30.3 Å². The zero-order valence-corrected chi connectivity index (χ0v) is 12.0. The number of carboxylic acid groups (broad SMARTS) is 1. The molecule has 0 spiro atoms. The molecule has 1 atom stereocenters. The van der Waals surface area contributed by atoms with E-state index in [-0.39, 0.29) is 0 Å². The van der Waals surface area contributed by atoms with E-state index in [0.29, 0.717) is 18.5 Å². The third-order valence-corrected chi connectivity index (χ3v) is 3.55.